The number of hydrogen-bond acceptors (Lipinski definition) is 7. The number of esters is 2. The van der Waals surface area contributed by atoms with Crippen LogP contribution in [0.1, 0.15) is 44.9 Å². The van der Waals surface area contributed by atoms with Crippen LogP contribution in [0.4, 0.5) is 0 Å². The molecule has 0 radical (unpaired) electrons. The molecule has 6 aliphatic rings. The van der Waals surface area contributed by atoms with Crippen molar-refractivity contribution in [1.82, 2.24) is 0 Å². The molecule has 6 rings (SSSR count). The minimum atomic E-state index is -0.806. The minimum Gasteiger partial charge on any atom is -0.466 e. The molecule has 1 saturated heterocycles. The second kappa shape index (κ2) is 6.79. The quantitative estimate of drug-likeness (QED) is 0.434. The smallest absolute Gasteiger partial charge is 0.330 e. The molecular weight excluding hydrogens is 376 g/mol. The molecule has 160 valence electrons. The molecule has 0 aromatic heterocycles. The molecule has 1 aliphatic heterocycles. The molecule has 6 unspecified atom stereocenters. The van der Waals surface area contributed by atoms with Crippen molar-refractivity contribution in [3.8, 4) is 0 Å². The maximum Gasteiger partial charge on any atom is 0.330 e. The predicted octanol–water partition coefficient (Wildman–Crippen LogP) is 1.97. The Bertz CT molecular complexity index is 747. The van der Waals surface area contributed by atoms with E-state index in [0.717, 1.165) is 50.5 Å². The third-order valence-corrected chi connectivity index (χ3v) is 8.69. The number of hydrogen-bond donors (Lipinski definition) is 1. The normalized spacial score (nSPS) is 48.8. The van der Waals surface area contributed by atoms with E-state index in [1.165, 1.54) is 13.2 Å². The summed E-state index contributed by atoms with van der Waals surface area (Å²) in [5.74, 6) is -0.384. The Morgan fingerprint density at radius 2 is 2.14 bits per heavy atom. The first-order valence-electron chi connectivity index (χ1n) is 10.8. The van der Waals surface area contributed by atoms with Gasteiger partial charge in [-0.3, -0.25) is 4.79 Å². The second-order valence-corrected chi connectivity index (χ2v) is 9.53. The molecular formula is C22H30O7. The van der Waals surface area contributed by atoms with Gasteiger partial charge in [-0.05, 0) is 56.8 Å². The van der Waals surface area contributed by atoms with Crippen LogP contribution in [-0.2, 0) is 28.5 Å². The number of carbonyl (C=O) groups excluding carboxylic acids is 2. The third kappa shape index (κ3) is 2.41. The highest BCUT2D eigenvalue weighted by Crippen LogP contribution is 2.73. The van der Waals surface area contributed by atoms with Gasteiger partial charge in [-0.25, -0.2) is 4.79 Å². The Hall–Kier alpha value is -1.44. The van der Waals surface area contributed by atoms with E-state index in [4.69, 9.17) is 18.9 Å². The van der Waals surface area contributed by atoms with Crippen molar-refractivity contribution in [2.24, 2.45) is 28.6 Å². The van der Waals surface area contributed by atoms with E-state index in [-0.39, 0.29) is 30.7 Å². The monoisotopic (exact) mass is 406 g/mol. The summed E-state index contributed by atoms with van der Waals surface area (Å²) in [6.07, 6.45) is 5.95. The largest absolute Gasteiger partial charge is 0.466 e. The molecule has 29 heavy (non-hydrogen) atoms. The molecule has 1 N–H and O–H groups in total. The van der Waals surface area contributed by atoms with Gasteiger partial charge in [-0.2, -0.15) is 0 Å². The zero-order valence-electron chi connectivity index (χ0n) is 17.1. The van der Waals surface area contributed by atoms with Crippen LogP contribution in [0.25, 0.3) is 0 Å². The highest BCUT2D eigenvalue weighted by atomic mass is 16.7. The van der Waals surface area contributed by atoms with Crippen LogP contribution in [0, 0.1) is 28.6 Å². The van der Waals surface area contributed by atoms with E-state index in [0.29, 0.717) is 5.92 Å². The Balaban J connectivity index is 1.62. The summed E-state index contributed by atoms with van der Waals surface area (Å²) in [6.45, 7) is 0.183. The van der Waals surface area contributed by atoms with Crippen LogP contribution in [0.5, 0.6) is 0 Å². The second-order valence-electron chi connectivity index (χ2n) is 9.53. The van der Waals surface area contributed by atoms with E-state index in [2.05, 4.69) is 0 Å². The van der Waals surface area contributed by atoms with E-state index < -0.39 is 29.0 Å². The maximum absolute atomic E-state index is 13.4. The van der Waals surface area contributed by atoms with Crippen molar-refractivity contribution < 1.29 is 33.6 Å². The lowest BCUT2D eigenvalue weighted by atomic mass is 9.38. The summed E-state index contributed by atoms with van der Waals surface area (Å²) in [5, 5.41) is 11.7. The summed E-state index contributed by atoms with van der Waals surface area (Å²) < 4.78 is 22.0. The minimum absolute atomic E-state index is 0.00282. The SMILES string of the molecule is COCO[C@@H]1CC2CC[C@@]13C(O)C1OC(=O)C4(CCC/C(=C\C(=O)OC)C14)C3C2. The molecule has 1 heterocycles. The van der Waals surface area contributed by atoms with Gasteiger partial charge in [0, 0.05) is 24.5 Å². The topological polar surface area (TPSA) is 91.3 Å². The number of methoxy groups -OCH3 is 2. The van der Waals surface area contributed by atoms with Crippen molar-refractivity contribution in [1.29, 1.82) is 0 Å². The van der Waals surface area contributed by atoms with Gasteiger partial charge in [0.1, 0.15) is 12.9 Å². The van der Waals surface area contributed by atoms with Crippen molar-refractivity contribution in [2.45, 2.75) is 63.3 Å². The van der Waals surface area contributed by atoms with Gasteiger partial charge in [0.25, 0.3) is 0 Å². The summed E-state index contributed by atoms with van der Waals surface area (Å²) in [6, 6.07) is 0. The third-order valence-electron chi connectivity index (χ3n) is 8.69. The van der Waals surface area contributed by atoms with Crippen LogP contribution in [0.2, 0.25) is 0 Å². The van der Waals surface area contributed by atoms with E-state index >= 15 is 0 Å². The number of ether oxygens (including phenoxy) is 4. The Labute approximate surface area is 170 Å². The van der Waals surface area contributed by atoms with Crippen molar-refractivity contribution >= 4 is 11.9 Å². The number of fused-ring (bicyclic) bond motifs is 2. The fourth-order valence-corrected chi connectivity index (χ4v) is 7.75. The highest BCUT2D eigenvalue weighted by Gasteiger charge is 2.78. The number of carbonyl (C=O) groups is 2. The first kappa shape index (κ1) is 19.5. The average Bonchev–Trinajstić information content (AvgIpc) is 3.02. The lowest BCUT2D eigenvalue weighted by Crippen LogP contribution is -2.70. The van der Waals surface area contributed by atoms with Gasteiger partial charge in [0.15, 0.2) is 0 Å². The zero-order valence-corrected chi connectivity index (χ0v) is 17.1. The van der Waals surface area contributed by atoms with Gasteiger partial charge >= 0.3 is 11.9 Å². The van der Waals surface area contributed by atoms with Crippen LogP contribution in [0.3, 0.4) is 0 Å². The molecule has 1 spiro atoms. The fourth-order valence-electron chi connectivity index (χ4n) is 7.75. The molecule has 4 bridgehead atoms. The predicted molar refractivity (Wildman–Crippen MR) is 100 cm³/mol. The zero-order chi connectivity index (χ0) is 20.4. The number of aliphatic hydroxyl groups is 1. The van der Waals surface area contributed by atoms with Gasteiger partial charge in [0.2, 0.25) is 0 Å². The van der Waals surface area contributed by atoms with E-state index in [1.54, 1.807) is 7.11 Å². The van der Waals surface area contributed by atoms with Gasteiger partial charge < -0.3 is 24.1 Å². The molecule has 5 saturated carbocycles. The number of aliphatic hydroxyl groups excluding tert-OH is 1. The van der Waals surface area contributed by atoms with Crippen molar-refractivity contribution in [2.75, 3.05) is 21.0 Å². The lowest BCUT2D eigenvalue weighted by molar-refractivity contribution is -0.268. The van der Waals surface area contributed by atoms with E-state index in [9.17, 15) is 14.7 Å². The molecule has 6 fully saturated rings. The van der Waals surface area contributed by atoms with Gasteiger partial charge in [-0.15, -0.1) is 0 Å². The Morgan fingerprint density at radius 1 is 1.31 bits per heavy atom. The first-order chi connectivity index (χ1) is 14.0. The summed E-state index contributed by atoms with van der Waals surface area (Å²) >= 11 is 0. The summed E-state index contributed by atoms with van der Waals surface area (Å²) in [4.78, 5) is 25.4. The molecule has 0 aromatic rings. The molecule has 7 nitrogen and oxygen atoms in total. The first-order valence-corrected chi connectivity index (χ1v) is 10.8. The van der Waals surface area contributed by atoms with Crippen LogP contribution < -0.4 is 0 Å². The number of rotatable bonds is 4. The molecule has 0 amide bonds. The highest BCUT2D eigenvalue weighted by molar-refractivity contribution is 5.86. The van der Waals surface area contributed by atoms with Gasteiger partial charge in [-0.1, -0.05) is 5.57 Å². The Morgan fingerprint density at radius 3 is 2.90 bits per heavy atom. The molecule has 0 aromatic carbocycles. The van der Waals surface area contributed by atoms with Crippen LogP contribution in [0.15, 0.2) is 11.6 Å². The van der Waals surface area contributed by atoms with Crippen molar-refractivity contribution in [3.05, 3.63) is 11.6 Å². The van der Waals surface area contributed by atoms with E-state index in [1.807, 2.05) is 0 Å². The van der Waals surface area contributed by atoms with Crippen LogP contribution in [-0.4, -0.2) is 56.4 Å². The summed E-state index contributed by atoms with van der Waals surface area (Å²) in [5.41, 5.74) is -0.270. The fraction of sp³-hybridized carbons (Fsp3) is 0.818. The Kier molecular flexibility index (Phi) is 4.57. The molecule has 5 aliphatic carbocycles. The van der Waals surface area contributed by atoms with Gasteiger partial charge in [0.05, 0.1) is 24.7 Å². The summed E-state index contributed by atoms with van der Waals surface area (Å²) in [7, 11) is 2.96. The lowest BCUT2D eigenvalue weighted by Gasteiger charge is -2.66. The standard InChI is InChI=1S/C22H30O7/c1-26-11-28-15-9-12-5-7-21(15)14(8-12)22-6-3-4-13(10-16(23)27-2)17(22)18(19(21)24)29-20(22)25/h10,12,14-15,17-19,24H,3-9,11H2,1-2H3/b13-10+/t12?,14?,15-,17?,18?,19?,21+,22?/m1/s1. The average molecular weight is 406 g/mol. The van der Waals surface area contributed by atoms with Crippen molar-refractivity contribution in [3.63, 3.8) is 0 Å². The maximum atomic E-state index is 13.4. The van der Waals surface area contributed by atoms with Crippen LogP contribution >= 0.6 is 0 Å². The molecule has 8 atom stereocenters. The molecule has 7 heteroatoms.